The van der Waals surface area contributed by atoms with Gasteiger partial charge in [0.2, 0.25) is 17.4 Å². The lowest BCUT2D eigenvalue weighted by molar-refractivity contribution is -0.154. The smallest absolute Gasteiger partial charge is 0.405 e. The van der Waals surface area contributed by atoms with Gasteiger partial charge >= 0.3 is 6.09 Å². The molecule has 0 spiro atoms. The fraction of sp³-hybridized carbons (Fsp3) is 0.500. The first-order valence-electron chi connectivity index (χ1n) is 14.1. The molecule has 4 amide bonds. The number of hydrogen-bond acceptors (Lipinski definition) is 6. The van der Waals surface area contributed by atoms with E-state index < -0.39 is 34.6 Å². The minimum Gasteiger partial charge on any atom is -0.508 e. The molecule has 0 heterocycles. The van der Waals surface area contributed by atoms with Crippen LogP contribution < -0.4 is 21.7 Å². The van der Waals surface area contributed by atoms with E-state index in [1.165, 1.54) is 6.92 Å². The van der Waals surface area contributed by atoms with Crippen molar-refractivity contribution in [1.82, 2.24) is 16.0 Å². The van der Waals surface area contributed by atoms with E-state index in [0.29, 0.717) is 12.8 Å². The Morgan fingerprint density at radius 1 is 0.976 bits per heavy atom. The largest absolute Gasteiger partial charge is 0.508 e. The van der Waals surface area contributed by atoms with Gasteiger partial charge in [-0.1, -0.05) is 51.1 Å². The van der Waals surface area contributed by atoms with Gasteiger partial charge in [0.25, 0.3) is 5.91 Å². The molecule has 2 aromatic carbocycles. The lowest BCUT2D eigenvalue weighted by atomic mass is 9.70. The summed E-state index contributed by atoms with van der Waals surface area (Å²) < 4.78 is 5.67. The van der Waals surface area contributed by atoms with Gasteiger partial charge in [0.1, 0.15) is 11.8 Å². The summed E-state index contributed by atoms with van der Waals surface area (Å²) in [5.74, 6) is -1.19. The summed E-state index contributed by atoms with van der Waals surface area (Å²) in [5, 5.41) is 18.5. The summed E-state index contributed by atoms with van der Waals surface area (Å²) >= 11 is 0. The van der Waals surface area contributed by atoms with Gasteiger partial charge in [-0.25, -0.2) is 4.79 Å². The van der Waals surface area contributed by atoms with Crippen LogP contribution in [0, 0.1) is 19.3 Å². The van der Waals surface area contributed by atoms with E-state index in [-0.39, 0.29) is 30.5 Å². The molecule has 2 atom stereocenters. The van der Waals surface area contributed by atoms with Gasteiger partial charge in [-0.15, -0.1) is 0 Å². The number of carbonyl (C=O) groups excluding carboxylic acids is 4. The zero-order valence-electron chi connectivity index (χ0n) is 26.0. The molecular formula is C32H46N4O6. The third-order valence-corrected chi connectivity index (χ3v) is 7.37. The fourth-order valence-electron chi connectivity index (χ4n) is 4.95. The molecule has 10 nitrogen and oxygen atoms in total. The third-order valence-electron chi connectivity index (χ3n) is 7.37. The van der Waals surface area contributed by atoms with Crippen LogP contribution in [-0.2, 0) is 32.0 Å². The molecule has 0 unspecified atom stereocenters. The third kappa shape index (κ3) is 9.22. The van der Waals surface area contributed by atoms with Crippen LogP contribution in [0.5, 0.6) is 5.75 Å². The molecule has 0 aromatic heterocycles. The van der Waals surface area contributed by atoms with Gasteiger partial charge in [0, 0.05) is 25.3 Å². The topological polar surface area (TPSA) is 160 Å². The number of amides is 4. The first-order valence-corrected chi connectivity index (χ1v) is 14.1. The molecule has 0 aliphatic carbocycles. The van der Waals surface area contributed by atoms with E-state index in [4.69, 9.17) is 10.5 Å². The summed E-state index contributed by atoms with van der Waals surface area (Å²) in [6.07, 6.45) is -0.103. The van der Waals surface area contributed by atoms with E-state index >= 15 is 0 Å². The highest BCUT2D eigenvalue weighted by Crippen LogP contribution is 2.39. The Balaban J connectivity index is 2.27. The molecule has 0 fully saturated rings. The van der Waals surface area contributed by atoms with Crippen molar-refractivity contribution in [2.75, 3.05) is 6.54 Å². The standard InChI is InChI=1S/C32H46N4O6/c1-20-16-24(38)17-21(2)25(20)18-32(30(4,5)6,42-29(33)41)28(40)36-31(7,8)19-34-27(39)26(35-22(3)37)15-14-23-12-10-9-11-13-23/h9-13,16-17,26,38H,14-15,18-19H2,1-8H3,(H2,33,41)(H,34,39)(H,35,37)(H,36,40)/t26-,32+/m0/s1. The van der Waals surface area contributed by atoms with Crippen molar-refractivity contribution in [3.05, 3.63) is 64.7 Å². The predicted octanol–water partition coefficient (Wildman–Crippen LogP) is 3.58. The molecule has 230 valence electrons. The molecule has 0 aliphatic rings. The minimum absolute atomic E-state index is 0.00967. The van der Waals surface area contributed by atoms with Gasteiger partial charge in [-0.2, -0.15) is 0 Å². The summed E-state index contributed by atoms with van der Waals surface area (Å²) in [5.41, 5.74) is 5.13. The van der Waals surface area contributed by atoms with Crippen molar-refractivity contribution in [1.29, 1.82) is 0 Å². The highest BCUT2D eigenvalue weighted by atomic mass is 16.6. The Bertz CT molecular complexity index is 1260. The monoisotopic (exact) mass is 582 g/mol. The normalized spacial score (nSPS) is 13.8. The summed E-state index contributed by atoms with van der Waals surface area (Å²) in [6, 6.07) is 12.1. The maximum absolute atomic E-state index is 14.1. The van der Waals surface area contributed by atoms with Crippen LogP contribution in [0.1, 0.15) is 70.2 Å². The Hall–Kier alpha value is -4.08. The molecule has 2 aromatic rings. The number of carbonyl (C=O) groups is 4. The predicted molar refractivity (Wildman–Crippen MR) is 162 cm³/mol. The lowest BCUT2D eigenvalue weighted by Crippen LogP contribution is -2.65. The zero-order chi connectivity index (χ0) is 31.9. The van der Waals surface area contributed by atoms with Crippen molar-refractivity contribution in [3.8, 4) is 5.75 Å². The number of phenols is 1. The number of nitrogens with two attached hydrogens (primary N) is 1. The number of benzene rings is 2. The fourth-order valence-corrected chi connectivity index (χ4v) is 4.95. The van der Waals surface area contributed by atoms with Crippen molar-refractivity contribution >= 4 is 23.8 Å². The Morgan fingerprint density at radius 3 is 2.05 bits per heavy atom. The quantitative estimate of drug-likeness (QED) is 0.257. The van der Waals surface area contributed by atoms with E-state index in [1.807, 2.05) is 30.3 Å². The highest BCUT2D eigenvalue weighted by Gasteiger charge is 2.53. The maximum Gasteiger partial charge on any atom is 0.405 e. The minimum atomic E-state index is -1.72. The average Bonchev–Trinajstić information content (AvgIpc) is 2.85. The van der Waals surface area contributed by atoms with Crippen LogP contribution >= 0.6 is 0 Å². The lowest BCUT2D eigenvalue weighted by Gasteiger charge is -2.44. The number of aromatic hydroxyl groups is 1. The number of nitrogens with one attached hydrogen (secondary N) is 3. The van der Waals surface area contributed by atoms with Crippen LogP contribution in [0.2, 0.25) is 0 Å². The van der Waals surface area contributed by atoms with Crippen LogP contribution in [-0.4, -0.2) is 52.6 Å². The number of aryl methyl sites for hydroxylation is 3. The molecule has 6 N–H and O–H groups in total. The molecule has 0 bridgehead atoms. The molecule has 0 radical (unpaired) electrons. The molecule has 0 saturated heterocycles. The molecule has 0 saturated carbocycles. The SMILES string of the molecule is CC(=O)N[C@@H](CCc1ccccc1)C(=O)NCC(C)(C)NC(=O)[C@@](Cc1c(C)cc(O)cc1C)(OC(N)=O)C(C)(C)C. The zero-order valence-corrected chi connectivity index (χ0v) is 26.0. The van der Waals surface area contributed by atoms with Gasteiger partial charge in [-0.05, 0) is 74.9 Å². The molecule has 2 rings (SSSR count). The van der Waals surface area contributed by atoms with Gasteiger partial charge in [0.05, 0.1) is 5.54 Å². The van der Waals surface area contributed by atoms with Gasteiger partial charge in [-0.3, -0.25) is 14.4 Å². The number of rotatable bonds is 12. The summed E-state index contributed by atoms with van der Waals surface area (Å²) in [6.45, 7) is 13.8. The number of phenolic OH excluding ortho intramolecular Hbond substituents is 1. The second-order valence-corrected chi connectivity index (χ2v) is 12.6. The first kappa shape index (κ1) is 34.1. The average molecular weight is 583 g/mol. The van der Waals surface area contributed by atoms with Crippen molar-refractivity contribution < 1.29 is 29.0 Å². The maximum atomic E-state index is 14.1. The number of primary amides is 1. The van der Waals surface area contributed by atoms with E-state index in [0.717, 1.165) is 22.3 Å². The van der Waals surface area contributed by atoms with Gasteiger partial charge in [0.15, 0.2) is 0 Å². The van der Waals surface area contributed by atoms with Crippen molar-refractivity contribution in [3.63, 3.8) is 0 Å². The van der Waals surface area contributed by atoms with Crippen LogP contribution in [0.25, 0.3) is 0 Å². The molecule has 0 aliphatic heterocycles. The van der Waals surface area contributed by atoms with Crippen LogP contribution in [0.4, 0.5) is 4.79 Å². The highest BCUT2D eigenvalue weighted by molar-refractivity contribution is 5.90. The molecular weight excluding hydrogens is 536 g/mol. The Labute approximate surface area is 248 Å². The number of hydrogen-bond donors (Lipinski definition) is 5. The number of ether oxygens (including phenoxy) is 1. The Kier molecular flexibility index (Phi) is 11.1. The van der Waals surface area contributed by atoms with E-state index in [9.17, 15) is 24.3 Å². The molecule has 42 heavy (non-hydrogen) atoms. The summed E-state index contributed by atoms with van der Waals surface area (Å²) in [7, 11) is 0. The van der Waals surface area contributed by atoms with Gasteiger partial charge < -0.3 is 31.5 Å². The molecule has 10 heteroatoms. The van der Waals surface area contributed by atoms with Crippen LogP contribution in [0.3, 0.4) is 0 Å². The second-order valence-electron chi connectivity index (χ2n) is 12.6. The van der Waals surface area contributed by atoms with Crippen molar-refractivity contribution in [2.45, 2.75) is 91.8 Å². The van der Waals surface area contributed by atoms with E-state index in [2.05, 4.69) is 16.0 Å². The van der Waals surface area contributed by atoms with Crippen LogP contribution in [0.15, 0.2) is 42.5 Å². The van der Waals surface area contributed by atoms with E-state index in [1.54, 1.807) is 60.6 Å². The second kappa shape index (κ2) is 13.7. The van der Waals surface area contributed by atoms with Crippen molar-refractivity contribution in [2.24, 2.45) is 11.1 Å². The summed E-state index contributed by atoms with van der Waals surface area (Å²) in [4.78, 5) is 51.2. The first-order chi connectivity index (χ1) is 19.4. The Morgan fingerprint density at radius 2 is 1.55 bits per heavy atom.